The number of nitrogens with one attached hydrogen (secondary N) is 1. The number of anilines is 1. The van der Waals surface area contributed by atoms with Crippen molar-refractivity contribution in [1.82, 2.24) is 19.9 Å². The van der Waals surface area contributed by atoms with E-state index in [1.807, 2.05) is 24.5 Å². The van der Waals surface area contributed by atoms with E-state index in [1.165, 1.54) is 5.69 Å². The van der Waals surface area contributed by atoms with Gasteiger partial charge in [-0.25, -0.2) is 9.50 Å². The highest BCUT2D eigenvalue weighted by Gasteiger charge is 2.13. The topological polar surface area (TPSA) is 95.3 Å². The summed E-state index contributed by atoms with van der Waals surface area (Å²) in [6.45, 7) is 4.10. The minimum absolute atomic E-state index is 0.561. The van der Waals surface area contributed by atoms with Gasteiger partial charge in [0.15, 0.2) is 5.65 Å². The first kappa shape index (κ1) is 19.6. The molecule has 0 unspecified atom stereocenters. The molecule has 0 spiro atoms. The lowest BCUT2D eigenvalue weighted by atomic mass is 10.1. The van der Waals surface area contributed by atoms with Crippen LogP contribution in [0.3, 0.4) is 0 Å². The predicted octanol–water partition coefficient (Wildman–Crippen LogP) is 3.31. The lowest BCUT2D eigenvalue weighted by molar-refractivity contribution is 0.589. The molecule has 0 saturated carbocycles. The van der Waals surface area contributed by atoms with Crippen LogP contribution in [-0.2, 0) is 0 Å². The molecule has 2 aromatic carbocycles. The van der Waals surface area contributed by atoms with Gasteiger partial charge in [-0.15, -0.1) is 0 Å². The van der Waals surface area contributed by atoms with Gasteiger partial charge >= 0.3 is 0 Å². The number of piperazine rings is 1. The second-order valence-electron chi connectivity index (χ2n) is 7.43. The van der Waals surface area contributed by atoms with Crippen molar-refractivity contribution in [2.75, 3.05) is 31.1 Å². The Morgan fingerprint density at radius 1 is 1.00 bits per heavy atom. The Hall–Kier alpha value is -3.38. The number of benzene rings is 2. The number of rotatable bonds is 4. The van der Waals surface area contributed by atoms with E-state index in [-0.39, 0.29) is 0 Å². The highest BCUT2D eigenvalue weighted by Crippen LogP contribution is 2.29. The molecule has 1 aliphatic rings. The summed E-state index contributed by atoms with van der Waals surface area (Å²) in [7, 11) is 0. The lowest BCUT2D eigenvalue weighted by Crippen LogP contribution is -2.43. The summed E-state index contributed by atoms with van der Waals surface area (Å²) >= 11 is 1.12. The SMILES string of the molecule is N#Cc1cc(SN)cc(-c2cnn3cc(-c4ccc(N5CCNCC5)cc4)cnc23)c1. The highest BCUT2D eigenvalue weighted by atomic mass is 32.2. The van der Waals surface area contributed by atoms with E-state index in [0.29, 0.717) is 5.56 Å². The molecule has 154 valence electrons. The zero-order valence-corrected chi connectivity index (χ0v) is 17.6. The van der Waals surface area contributed by atoms with E-state index >= 15 is 0 Å². The van der Waals surface area contributed by atoms with Crippen LogP contribution < -0.4 is 15.4 Å². The summed E-state index contributed by atoms with van der Waals surface area (Å²) in [6.07, 6.45) is 5.63. The predicted molar refractivity (Wildman–Crippen MR) is 124 cm³/mol. The van der Waals surface area contributed by atoms with Crippen molar-refractivity contribution < 1.29 is 0 Å². The number of nitrogens with two attached hydrogens (primary N) is 1. The molecule has 1 fully saturated rings. The van der Waals surface area contributed by atoms with E-state index in [4.69, 9.17) is 5.14 Å². The van der Waals surface area contributed by atoms with E-state index in [1.54, 1.807) is 16.8 Å². The normalized spacial score (nSPS) is 14.0. The molecule has 3 heterocycles. The third-order valence-corrected chi connectivity index (χ3v) is 6.03. The van der Waals surface area contributed by atoms with Crippen LogP contribution in [-0.4, -0.2) is 40.8 Å². The summed E-state index contributed by atoms with van der Waals surface area (Å²) in [5.41, 5.74) is 6.38. The summed E-state index contributed by atoms with van der Waals surface area (Å²) in [5, 5.41) is 22.9. The van der Waals surface area contributed by atoms with E-state index in [2.05, 4.69) is 50.6 Å². The molecule has 0 aliphatic carbocycles. The summed E-state index contributed by atoms with van der Waals surface area (Å²) in [5.74, 6) is 0. The average molecular weight is 428 g/mol. The standard InChI is InChI=1S/C23H21N7S/c24-12-16-9-18(11-21(10-16)31-25)22-14-28-30-15-19(13-27-23(22)30)17-1-3-20(4-2-17)29-7-5-26-6-8-29/h1-4,9-11,13-15,26H,5-8,25H2. The van der Waals surface area contributed by atoms with Gasteiger partial charge in [0.2, 0.25) is 0 Å². The molecule has 31 heavy (non-hydrogen) atoms. The monoisotopic (exact) mass is 427 g/mol. The van der Waals surface area contributed by atoms with Crippen LogP contribution in [0.1, 0.15) is 5.56 Å². The van der Waals surface area contributed by atoms with Crippen molar-refractivity contribution in [3.05, 3.63) is 66.6 Å². The van der Waals surface area contributed by atoms with Crippen molar-refractivity contribution in [2.45, 2.75) is 4.90 Å². The molecule has 0 bridgehead atoms. The minimum Gasteiger partial charge on any atom is -0.369 e. The maximum absolute atomic E-state index is 9.32. The van der Waals surface area contributed by atoms with Gasteiger partial charge in [-0.1, -0.05) is 12.1 Å². The Morgan fingerprint density at radius 2 is 1.81 bits per heavy atom. The van der Waals surface area contributed by atoms with Crippen LogP contribution in [0.15, 0.2) is 66.0 Å². The second-order valence-corrected chi connectivity index (χ2v) is 8.14. The molecular weight excluding hydrogens is 406 g/mol. The van der Waals surface area contributed by atoms with Gasteiger partial charge in [-0.05, 0) is 53.4 Å². The fourth-order valence-electron chi connectivity index (χ4n) is 3.90. The number of nitriles is 1. The number of aromatic nitrogens is 3. The van der Waals surface area contributed by atoms with Gasteiger partial charge in [0.1, 0.15) is 0 Å². The van der Waals surface area contributed by atoms with Gasteiger partial charge in [-0.2, -0.15) is 10.4 Å². The largest absolute Gasteiger partial charge is 0.369 e. The Balaban J connectivity index is 1.46. The smallest absolute Gasteiger partial charge is 0.162 e. The molecule has 0 amide bonds. The molecule has 0 radical (unpaired) electrons. The van der Waals surface area contributed by atoms with E-state index < -0.39 is 0 Å². The maximum Gasteiger partial charge on any atom is 0.162 e. The summed E-state index contributed by atoms with van der Waals surface area (Å²) in [6, 6.07) is 16.3. The minimum atomic E-state index is 0.561. The first-order chi connectivity index (χ1) is 15.2. The Kier molecular flexibility index (Phi) is 5.30. The van der Waals surface area contributed by atoms with Crippen LogP contribution in [0, 0.1) is 11.3 Å². The van der Waals surface area contributed by atoms with Crippen LogP contribution in [0.25, 0.3) is 27.9 Å². The van der Waals surface area contributed by atoms with Gasteiger partial charge in [0.25, 0.3) is 0 Å². The molecule has 4 aromatic rings. The van der Waals surface area contributed by atoms with Crippen molar-refractivity contribution >= 4 is 23.3 Å². The molecule has 3 N–H and O–H groups in total. The first-order valence-corrected chi connectivity index (χ1v) is 10.9. The van der Waals surface area contributed by atoms with Crippen molar-refractivity contribution in [3.8, 4) is 28.3 Å². The van der Waals surface area contributed by atoms with Gasteiger partial charge in [0, 0.05) is 60.3 Å². The molecule has 8 heteroatoms. The van der Waals surface area contributed by atoms with Crippen LogP contribution in [0.5, 0.6) is 0 Å². The molecule has 1 saturated heterocycles. The van der Waals surface area contributed by atoms with Gasteiger partial charge in [-0.3, -0.25) is 5.14 Å². The third-order valence-electron chi connectivity index (χ3n) is 5.52. The quantitative estimate of drug-likeness (QED) is 0.483. The van der Waals surface area contributed by atoms with Crippen LogP contribution >= 0.6 is 11.9 Å². The van der Waals surface area contributed by atoms with Crippen molar-refractivity contribution in [1.29, 1.82) is 5.26 Å². The Labute approximate surface area is 184 Å². The number of hydrogen-bond donors (Lipinski definition) is 2. The fourth-order valence-corrected chi connectivity index (χ4v) is 4.29. The fraction of sp³-hybridized carbons (Fsp3) is 0.174. The molecule has 0 atom stereocenters. The Bertz CT molecular complexity index is 1270. The van der Waals surface area contributed by atoms with Gasteiger partial charge in [0.05, 0.1) is 17.8 Å². The van der Waals surface area contributed by atoms with Gasteiger partial charge < -0.3 is 10.2 Å². The first-order valence-electron chi connectivity index (χ1n) is 10.1. The van der Waals surface area contributed by atoms with Crippen molar-refractivity contribution in [2.24, 2.45) is 5.14 Å². The zero-order valence-electron chi connectivity index (χ0n) is 16.8. The highest BCUT2D eigenvalue weighted by molar-refractivity contribution is 7.97. The summed E-state index contributed by atoms with van der Waals surface area (Å²) in [4.78, 5) is 7.90. The Morgan fingerprint density at radius 3 is 2.55 bits per heavy atom. The van der Waals surface area contributed by atoms with Crippen LogP contribution in [0.4, 0.5) is 5.69 Å². The second kappa shape index (κ2) is 8.40. The molecule has 7 nitrogen and oxygen atoms in total. The van der Waals surface area contributed by atoms with Crippen LogP contribution in [0.2, 0.25) is 0 Å². The maximum atomic E-state index is 9.32. The molecule has 5 rings (SSSR count). The van der Waals surface area contributed by atoms with Crippen molar-refractivity contribution in [3.63, 3.8) is 0 Å². The number of hydrogen-bond acceptors (Lipinski definition) is 7. The number of nitrogens with zero attached hydrogens (tertiary/aromatic N) is 5. The molecule has 1 aliphatic heterocycles. The number of fused-ring (bicyclic) bond motifs is 1. The zero-order chi connectivity index (χ0) is 21.2. The van der Waals surface area contributed by atoms with E-state index in [0.717, 1.165) is 70.9 Å². The molecular formula is C23H21N7S. The van der Waals surface area contributed by atoms with E-state index in [9.17, 15) is 5.26 Å². The third kappa shape index (κ3) is 3.86. The molecule has 2 aromatic heterocycles. The lowest BCUT2D eigenvalue weighted by Gasteiger charge is -2.29. The summed E-state index contributed by atoms with van der Waals surface area (Å²) < 4.78 is 1.78. The average Bonchev–Trinajstić information content (AvgIpc) is 3.27.